The Morgan fingerprint density at radius 3 is 2.40 bits per heavy atom. The van der Waals surface area contributed by atoms with Crippen LogP contribution in [0.5, 0.6) is 0 Å². The number of aryl methyl sites for hydroxylation is 2. The zero-order valence-corrected chi connectivity index (χ0v) is 9.15. The van der Waals surface area contributed by atoms with Crippen LogP contribution in [0, 0.1) is 13.8 Å². The molecule has 0 fully saturated rings. The molecule has 0 aliphatic carbocycles. The third kappa shape index (κ3) is 2.27. The number of nitrogens with zero attached hydrogens (tertiary/aromatic N) is 4. The number of aromatic nitrogens is 4. The summed E-state index contributed by atoms with van der Waals surface area (Å²) in [6.07, 6.45) is 3.37. The van der Waals surface area contributed by atoms with Crippen molar-refractivity contribution in [3.63, 3.8) is 0 Å². The summed E-state index contributed by atoms with van der Waals surface area (Å²) < 4.78 is 0. The van der Waals surface area contributed by atoms with E-state index in [4.69, 9.17) is 11.6 Å². The Bertz CT molecular complexity index is 461. The molecule has 0 aliphatic heterocycles. The molecule has 0 saturated carbocycles. The Balaban J connectivity index is 2.49. The molecular weight excluding hydrogens is 212 g/mol. The van der Waals surface area contributed by atoms with Crippen LogP contribution >= 0.6 is 11.6 Å². The van der Waals surface area contributed by atoms with Gasteiger partial charge < -0.3 is 0 Å². The summed E-state index contributed by atoms with van der Waals surface area (Å²) in [5, 5.41) is 0.417. The number of hydrogen-bond donors (Lipinski definition) is 0. The van der Waals surface area contributed by atoms with E-state index in [0.717, 1.165) is 5.69 Å². The highest BCUT2D eigenvalue weighted by Gasteiger charge is 2.04. The van der Waals surface area contributed by atoms with E-state index in [1.807, 2.05) is 6.92 Å². The average Bonchev–Trinajstić information content (AvgIpc) is 2.17. The standard InChI is InChI=1S/C10H9ClN4/c1-6-4-13-9(5-12-6)8-3-10(11)15-7(2)14-8/h3-5H,1-2H3. The van der Waals surface area contributed by atoms with Crippen LogP contribution in [0.4, 0.5) is 0 Å². The average molecular weight is 221 g/mol. The molecule has 0 aliphatic rings. The van der Waals surface area contributed by atoms with Gasteiger partial charge in [0, 0.05) is 12.3 Å². The second-order valence-electron chi connectivity index (χ2n) is 3.17. The second-order valence-corrected chi connectivity index (χ2v) is 3.55. The maximum absolute atomic E-state index is 5.83. The van der Waals surface area contributed by atoms with Gasteiger partial charge in [-0.2, -0.15) is 0 Å². The Hall–Kier alpha value is -1.55. The van der Waals surface area contributed by atoms with Crippen molar-refractivity contribution in [2.24, 2.45) is 0 Å². The van der Waals surface area contributed by atoms with Crippen LogP contribution < -0.4 is 0 Å². The van der Waals surface area contributed by atoms with Crippen molar-refractivity contribution in [1.82, 2.24) is 19.9 Å². The first-order valence-electron chi connectivity index (χ1n) is 4.45. The lowest BCUT2D eigenvalue weighted by Crippen LogP contribution is -1.94. The number of rotatable bonds is 1. The van der Waals surface area contributed by atoms with Crippen molar-refractivity contribution < 1.29 is 0 Å². The lowest BCUT2D eigenvalue weighted by atomic mass is 10.3. The van der Waals surface area contributed by atoms with Gasteiger partial charge in [-0.15, -0.1) is 0 Å². The lowest BCUT2D eigenvalue weighted by molar-refractivity contribution is 1.04. The molecule has 0 radical (unpaired) electrons. The summed E-state index contributed by atoms with van der Waals surface area (Å²) in [6.45, 7) is 3.67. The second kappa shape index (κ2) is 3.90. The molecule has 2 aromatic rings. The molecule has 0 N–H and O–H groups in total. The molecule has 0 atom stereocenters. The fraction of sp³-hybridized carbons (Fsp3) is 0.200. The van der Waals surface area contributed by atoms with Gasteiger partial charge in [-0.05, 0) is 13.8 Å². The largest absolute Gasteiger partial charge is 0.258 e. The molecule has 0 saturated heterocycles. The van der Waals surface area contributed by atoms with Gasteiger partial charge in [-0.25, -0.2) is 9.97 Å². The van der Waals surface area contributed by atoms with Gasteiger partial charge in [-0.3, -0.25) is 9.97 Å². The van der Waals surface area contributed by atoms with Crippen LogP contribution in [-0.2, 0) is 0 Å². The van der Waals surface area contributed by atoms with E-state index in [9.17, 15) is 0 Å². The molecule has 2 rings (SSSR count). The van der Waals surface area contributed by atoms with Gasteiger partial charge in [-0.1, -0.05) is 11.6 Å². The molecule has 0 unspecified atom stereocenters. The van der Waals surface area contributed by atoms with Crippen LogP contribution in [0.15, 0.2) is 18.5 Å². The molecular formula is C10H9ClN4. The maximum atomic E-state index is 5.83. The predicted octanol–water partition coefficient (Wildman–Crippen LogP) is 2.20. The maximum Gasteiger partial charge on any atom is 0.133 e. The highest BCUT2D eigenvalue weighted by molar-refractivity contribution is 6.29. The van der Waals surface area contributed by atoms with Crippen LogP contribution in [0.2, 0.25) is 5.15 Å². The highest BCUT2D eigenvalue weighted by atomic mass is 35.5. The molecule has 15 heavy (non-hydrogen) atoms. The first-order chi connectivity index (χ1) is 7.15. The van der Waals surface area contributed by atoms with E-state index in [-0.39, 0.29) is 0 Å². The third-order valence-corrected chi connectivity index (χ3v) is 2.04. The Morgan fingerprint density at radius 2 is 1.80 bits per heavy atom. The fourth-order valence-corrected chi connectivity index (χ4v) is 1.41. The summed E-state index contributed by atoms with van der Waals surface area (Å²) in [5.41, 5.74) is 2.27. The zero-order valence-electron chi connectivity index (χ0n) is 8.40. The van der Waals surface area contributed by atoms with E-state index >= 15 is 0 Å². The number of hydrogen-bond acceptors (Lipinski definition) is 4. The van der Waals surface area contributed by atoms with E-state index in [2.05, 4.69) is 19.9 Å². The monoisotopic (exact) mass is 220 g/mol. The van der Waals surface area contributed by atoms with Crippen molar-refractivity contribution in [2.75, 3.05) is 0 Å². The van der Waals surface area contributed by atoms with E-state index in [1.165, 1.54) is 0 Å². The molecule has 0 bridgehead atoms. The molecule has 4 nitrogen and oxygen atoms in total. The van der Waals surface area contributed by atoms with E-state index in [1.54, 1.807) is 25.4 Å². The lowest BCUT2D eigenvalue weighted by Gasteiger charge is -2.01. The van der Waals surface area contributed by atoms with Crippen LogP contribution in [0.1, 0.15) is 11.5 Å². The number of halogens is 1. The van der Waals surface area contributed by atoms with E-state index in [0.29, 0.717) is 22.4 Å². The first-order valence-corrected chi connectivity index (χ1v) is 4.83. The van der Waals surface area contributed by atoms with Gasteiger partial charge in [0.15, 0.2) is 0 Å². The smallest absolute Gasteiger partial charge is 0.133 e. The summed E-state index contributed by atoms with van der Waals surface area (Å²) in [6, 6.07) is 1.67. The third-order valence-electron chi connectivity index (χ3n) is 1.85. The zero-order chi connectivity index (χ0) is 10.8. The van der Waals surface area contributed by atoms with Crippen molar-refractivity contribution in [3.8, 4) is 11.4 Å². The van der Waals surface area contributed by atoms with Gasteiger partial charge in [0.25, 0.3) is 0 Å². The minimum atomic E-state index is 0.417. The minimum Gasteiger partial charge on any atom is -0.258 e. The predicted molar refractivity (Wildman–Crippen MR) is 57.5 cm³/mol. The summed E-state index contributed by atoms with van der Waals surface area (Å²) in [5.74, 6) is 0.625. The molecule has 2 aromatic heterocycles. The van der Waals surface area contributed by atoms with Gasteiger partial charge in [0.2, 0.25) is 0 Å². The Kier molecular flexibility index (Phi) is 2.60. The van der Waals surface area contributed by atoms with Crippen LogP contribution in [0.25, 0.3) is 11.4 Å². The van der Waals surface area contributed by atoms with Crippen molar-refractivity contribution in [3.05, 3.63) is 35.1 Å². The quantitative estimate of drug-likeness (QED) is 0.692. The van der Waals surface area contributed by atoms with Gasteiger partial charge in [0.05, 0.1) is 17.6 Å². The molecule has 0 spiro atoms. The molecule has 5 heteroatoms. The molecule has 2 heterocycles. The van der Waals surface area contributed by atoms with Gasteiger partial charge in [0.1, 0.15) is 16.7 Å². The molecule has 76 valence electrons. The SMILES string of the molecule is Cc1cnc(-c2cc(Cl)nc(C)n2)cn1. The summed E-state index contributed by atoms with van der Waals surface area (Å²) >= 11 is 5.83. The molecule has 0 aromatic carbocycles. The molecule has 0 amide bonds. The first kappa shape index (κ1) is 9.98. The topological polar surface area (TPSA) is 51.6 Å². The Morgan fingerprint density at radius 1 is 1.00 bits per heavy atom. The van der Waals surface area contributed by atoms with Gasteiger partial charge >= 0.3 is 0 Å². The summed E-state index contributed by atoms with van der Waals surface area (Å²) in [7, 11) is 0. The highest BCUT2D eigenvalue weighted by Crippen LogP contribution is 2.16. The van der Waals surface area contributed by atoms with Crippen molar-refractivity contribution in [2.45, 2.75) is 13.8 Å². The van der Waals surface area contributed by atoms with Crippen LogP contribution in [0.3, 0.4) is 0 Å². The summed E-state index contributed by atoms with van der Waals surface area (Å²) in [4.78, 5) is 16.6. The van der Waals surface area contributed by atoms with Crippen molar-refractivity contribution in [1.29, 1.82) is 0 Å². The van der Waals surface area contributed by atoms with E-state index < -0.39 is 0 Å². The minimum absolute atomic E-state index is 0.417. The Labute approximate surface area is 92.4 Å². The normalized spacial score (nSPS) is 10.3. The fourth-order valence-electron chi connectivity index (χ4n) is 1.19. The van der Waals surface area contributed by atoms with Crippen molar-refractivity contribution >= 4 is 11.6 Å². The van der Waals surface area contributed by atoms with Crippen LogP contribution in [-0.4, -0.2) is 19.9 Å².